The lowest BCUT2D eigenvalue weighted by Crippen LogP contribution is -2.42. The van der Waals surface area contributed by atoms with Crippen molar-refractivity contribution < 1.29 is 14.3 Å². The average Bonchev–Trinajstić information content (AvgIpc) is 2.26. The van der Waals surface area contributed by atoms with Crippen LogP contribution in [0.15, 0.2) is 12.7 Å². The standard InChI is InChI=1S/C11H20N2O3/c1-4-7-13(8-5-2)11(15)12-9-10(14)16-6-3/h4H,1,5-9H2,2-3H3,(H,12,15). The minimum Gasteiger partial charge on any atom is -0.465 e. The molecule has 92 valence electrons. The lowest BCUT2D eigenvalue weighted by atomic mass is 10.4. The predicted octanol–water partition coefficient (Wildman–Crippen LogP) is 1.16. The highest BCUT2D eigenvalue weighted by atomic mass is 16.5. The number of carbonyl (C=O) groups excluding carboxylic acids is 2. The molecule has 2 amide bonds. The van der Waals surface area contributed by atoms with E-state index in [1.54, 1.807) is 17.9 Å². The van der Waals surface area contributed by atoms with E-state index in [1.165, 1.54) is 0 Å². The third-order valence-electron chi connectivity index (χ3n) is 1.82. The molecule has 0 aliphatic heterocycles. The van der Waals surface area contributed by atoms with Crippen LogP contribution < -0.4 is 5.32 Å². The highest BCUT2D eigenvalue weighted by Gasteiger charge is 2.12. The molecule has 5 nitrogen and oxygen atoms in total. The number of rotatable bonds is 7. The minimum atomic E-state index is -0.425. The Morgan fingerprint density at radius 3 is 2.62 bits per heavy atom. The van der Waals surface area contributed by atoms with Gasteiger partial charge in [0.25, 0.3) is 0 Å². The summed E-state index contributed by atoms with van der Waals surface area (Å²) in [6.45, 7) is 8.62. The first-order valence-electron chi connectivity index (χ1n) is 5.44. The zero-order valence-electron chi connectivity index (χ0n) is 9.99. The van der Waals surface area contributed by atoms with Gasteiger partial charge >= 0.3 is 12.0 Å². The molecular weight excluding hydrogens is 208 g/mol. The van der Waals surface area contributed by atoms with Crippen molar-refractivity contribution in [3.05, 3.63) is 12.7 Å². The van der Waals surface area contributed by atoms with Crippen LogP contribution >= 0.6 is 0 Å². The van der Waals surface area contributed by atoms with E-state index in [9.17, 15) is 9.59 Å². The minimum absolute atomic E-state index is 0.0932. The van der Waals surface area contributed by atoms with Crippen LogP contribution in [0, 0.1) is 0 Å². The molecule has 0 aromatic heterocycles. The Bertz CT molecular complexity index is 241. The summed E-state index contributed by atoms with van der Waals surface area (Å²) in [5, 5.41) is 2.50. The molecule has 0 fully saturated rings. The largest absolute Gasteiger partial charge is 0.465 e. The number of ether oxygens (including phenoxy) is 1. The van der Waals surface area contributed by atoms with Gasteiger partial charge in [0.05, 0.1) is 6.61 Å². The van der Waals surface area contributed by atoms with Crippen molar-refractivity contribution in [2.75, 3.05) is 26.2 Å². The topological polar surface area (TPSA) is 58.6 Å². The fraction of sp³-hybridized carbons (Fsp3) is 0.636. The van der Waals surface area contributed by atoms with Crippen LogP contribution in [0.25, 0.3) is 0 Å². The zero-order valence-corrected chi connectivity index (χ0v) is 9.99. The van der Waals surface area contributed by atoms with E-state index < -0.39 is 5.97 Å². The summed E-state index contributed by atoms with van der Waals surface area (Å²) >= 11 is 0. The van der Waals surface area contributed by atoms with Crippen LogP contribution in [0.4, 0.5) is 4.79 Å². The van der Waals surface area contributed by atoms with Gasteiger partial charge in [0.15, 0.2) is 0 Å². The van der Waals surface area contributed by atoms with Crippen molar-refractivity contribution in [2.24, 2.45) is 0 Å². The normalized spacial score (nSPS) is 9.38. The van der Waals surface area contributed by atoms with Gasteiger partial charge in [-0.1, -0.05) is 13.0 Å². The molecule has 0 radical (unpaired) electrons. The van der Waals surface area contributed by atoms with E-state index in [0.29, 0.717) is 19.7 Å². The second-order valence-corrected chi connectivity index (χ2v) is 3.20. The SMILES string of the molecule is C=CCN(CCC)C(=O)NCC(=O)OCC. The summed E-state index contributed by atoms with van der Waals surface area (Å²) in [4.78, 5) is 24.2. The predicted molar refractivity (Wildman–Crippen MR) is 62.1 cm³/mol. The van der Waals surface area contributed by atoms with E-state index >= 15 is 0 Å². The molecule has 0 spiro atoms. The average molecular weight is 228 g/mol. The maximum Gasteiger partial charge on any atom is 0.325 e. The second-order valence-electron chi connectivity index (χ2n) is 3.20. The number of nitrogens with zero attached hydrogens (tertiary/aromatic N) is 1. The number of amides is 2. The third kappa shape index (κ3) is 6.06. The molecule has 0 unspecified atom stereocenters. The fourth-order valence-corrected chi connectivity index (χ4v) is 1.17. The smallest absolute Gasteiger partial charge is 0.325 e. The summed E-state index contributed by atoms with van der Waals surface area (Å²) in [5.74, 6) is -0.425. The number of hydrogen-bond acceptors (Lipinski definition) is 3. The van der Waals surface area contributed by atoms with E-state index in [1.807, 2.05) is 6.92 Å². The van der Waals surface area contributed by atoms with Crippen molar-refractivity contribution in [3.63, 3.8) is 0 Å². The lowest BCUT2D eigenvalue weighted by Gasteiger charge is -2.20. The number of hydrogen-bond donors (Lipinski definition) is 1. The summed E-state index contributed by atoms with van der Waals surface area (Å²) in [6.07, 6.45) is 2.51. The lowest BCUT2D eigenvalue weighted by molar-refractivity contribution is -0.141. The molecule has 0 aliphatic carbocycles. The Morgan fingerprint density at radius 2 is 2.12 bits per heavy atom. The maximum absolute atomic E-state index is 11.6. The quantitative estimate of drug-likeness (QED) is 0.525. The van der Waals surface area contributed by atoms with E-state index in [2.05, 4.69) is 11.9 Å². The highest BCUT2D eigenvalue weighted by Crippen LogP contribution is 1.92. The summed E-state index contributed by atoms with van der Waals surface area (Å²) in [5.41, 5.74) is 0. The van der Waals surface area contributed by atoms with Gasteiger partial charge in [-0.3, -0.25) is 4.79 Å². The van der Waals surface area contributed by atoms with Gasteiger partial charge in [0.1, 0.15) is 6.54 Å². The van der Waals surface area contributed by atoms with Crippen molar-refractivity contribution >= 4 is 12.0 Å². The van der Waals surface area contributed by atoms with Crippen molar-refractivity contribution in [2.45, 2.75) is 20.3 Å². The number of esters is 1. The van der Waals surface area contributed by atoms with E-state index in [-0.39, 0.29) is 12.6 Å². The summed E-state index contributed by atoms with van der Waals surface area (Å²) in [7, 11) is 0. The van der Waals surface area contributed by atoms with E-state index in [0.717, 1.165) is 6.42 Å². The zero-order chi connectivity index (χ0) is 12.4. The Morgan fingerprint density at radius 1 is 1.44 bits per heavy atom. The van der Waals surface area contributed by atoms with Gasteiger partial charge in [-0.05, 0) is 13.3 Å². The molecule has 0 bridgehead atoms. The van der Waals surface area contributed by atoms with Gasteiger partial charge in [-0.2, -0.15) is 0 Å². The Kier molecular flexibility index (Phi) is 7.93. The molecule has 0 heterocycles. The molecule has 0 aromatic rings. The molecule has 0 saturated carbocycles. The highest BCUT2D eigenvalue weighted by molar-refractivity contribution is 5.80. The van der Waals surface area contributed by atoms with Crippen LogP contribution in [0.5, 0.6) is 0 Å². The van der Waals surface area contributed by atoms with Crippen LogP contribution in [0.3, 0.4) is 0 Å². The molecule has 0 saturated heterocycles. The van der Waals surface area contributed by atoms with Crippen LogP contribution in [0.1, 0.15) is 20.3 Å². The Hall–Kier alpha value is -1.52. The molecule has 5 heteroatoms. The number of urea groups is 1. The first-order valence-corrected chi connectivity index (χ1v) is 5.44. The van der Waals surface area contributed by atoms with Gasteiger partial charge in [-0.25, -0.2) is 4.79 Å². The monoisotopic (exact) mass is 228 g/mol. The molecule has 0 atom stereocenters. The first-order chi connectivity index (χ1) is 7.65. The second kappa shape index (κ2) is 8.76. The molecule has 0 aliphatic rings. The fourth-order valence-electron chi connectivity index (χ4n) is 1.17. The van der Waals surface area contributed by atoms with Crippen LogP contribution in [0.2, 0.25) is 0 Å². The first kappa shape index (κ1) is 14.5. The number of carbonyl (C=O) groups is 2. The Labute approximate surface area is 96.4 Å². The number of nitrogens with one attached hydrogen (secondary N) is 1. The molecular formula is C11H20N2O3. The van der Waals surface area contributed by atoms with Crippen molar-refractivity contribution in [1.82, 2.24) is 10.2 Å². The molecule has 0 aromatic carbocycles. The Balaban J connectivity index is 3.99. The van der Waals surface area contributed by atoms with Crippen LogP contribution in [-0.2, 0) is 9.53 Å². The maximum atomic E-state index is 11.6. The molecule has 16 heavy (non-hydrogen) atoms. The van der Waals surface area contributed by atoms with Gasteiger partial charge in [0.2, 0.25) is 0 Å². The summed E-state index contributed by atoms with van der Waals surface area (Å²) < 4.78 is 4.70. The third-order valence-corrected chi connectivity index (χ3v) is 1.82. The summed E-state index contributed by atoms with van der Waals surface area (Å²) in [6, 6.07) is -0.269. The van der Waals surface area contributed by atoms with Crippen LogP contribution in [-0.4, -0.2) is 43.1 Å². The van der Waals surface area contributed by atoms with Gasteiger partial charge in [-0.15, -0.1) is 6.58 Å². The van der Waals surface area contributed by atoms with Gasteiger partial charge in [0, 0.05) is 13.1 Å². The molecule has 1 N–H and O–H groups in total. The van der Waals surface area contributed by atoms with Gasteiger partial charge < -0.3 is 15.0 Å². The van der Waals surface area contributed by atoms with Crippen molar-refractivity contribution in [1.29, 1.82) is 0 Å². The molecule has 0 rings (SSSR count). The van der Waals surface area contributed by atoms with Crippen molar-refractivity contribution in [3.8, 4) is 0 Å². The van der Waals surface area contributed by atoms with E-state index in [4.69, 9.17) is 4.74 Å².